The number of likely N-dealkylation sites (tertiary alicyclic amines) is 1. The van der Waals surface area contributed by atoms with Crippen LogP contribution in [0, 0.1) is 6.92 Å². The molecule has 3 aromatic carbocycles. The fourth-order valence-electron chi connectivity index (χ4n) is 6.25. The SMILES string of the molecule is CC(=O)NCc1ccc(-c2ccc(C(=O)N3CCc4cc5c(cc43)C3(CCN(C)CC3)CO5)cc2)c(C)c1. The van der Waals surface area contributed by atoms with Gasteiger partial charge in [-0.2, -0.15) is 0 Å². The second-order valence-electron chi connectivity index (χ2n) is 11.2. The monoisotopic (exact) mass is 509 g/mol. The van der Waals surface area contributed by atoms with Crippen LogP contribution in [0.2, 0.25) is 0 Å². The molecule has 3 aromatic rings. The smallest absolute Gasteiger partial charge is 0.258 e. The summed E-state index contributed by atoms with van der Waals surface area (Å²) in [7, 11) is 2.18. The number of rotatable bonds is 4. The molecule has 3 aliphatic rings. The lowest BCUT2D eigenvalue weighted by molar-refractivity contribution is -0.119. The van der Waals surface area contributed by atoms with Crippen LogP contribution in [0.25, 0.3) is 11.1 Å². The standard InChI is InChI=1S/C32H35N3O3/c1-21-16-23(19-33-22(2)36)4-9-27(21)24-5-7-25(8-6-24)31(37)35-13-10-26-17-30-28(18-29(26)35)32(20-38-30)11-14-34(3)15-12-32/h4-9,16-18H,10-15,19-20H2,1-3H3,(H,33,36). The Morgan fingerprint density at radius 2 is 1.76 bits per heavy atom. The van der Waals surface area contributed by atoms with Gasteiger partial charge < -0.3 is 19.9 Å². The number of benzene rings is 3. The molecule has 0 radical (unpaired) electrons. The molecule has 0 atom stereocenters. The number of piperidine rings is 1. The number of carbonyl (C=O) groups excluding carboxylic acids is 2. The molecule has 1 fully saturated rings. The molecule has 0 unspecified atom stereocenters. The van der Waals surface area contributed by atoms with E-state index in [0.717, 1.165) is 72.6 Å². The molecule has 38 heavy (non-hydrogen) atoms. The van der Waals surface area contributed by atoms with Crippen molar-refractivity contribution in [3.8, 4) is 16.9 Å². The molecule has 3 heterocycles. The predicted molar refractivity (Wildman–Crippen MR) is 150 cm³/mol. The number of hydrogen-bond acceptors (Lipinski definition) is 4. The number of aryl methyl sites for hydroxylation is 1. The van der Waals surface area contributed by atoms with Gasteiger partial charge in [0.05, 0.1) is 6.61 Å². The van der Waals surface area contributed by atoms with Gasteiger partial charge in [-0.25, -0.2) is 0 Å². The Morgan fingerprint density at radius 1 is 1.00 bits per heavy atom. The quantitative estimate of drug-likeness (QED) is 0.546. The van der Waals surface area contributed by atoms with Crippen molar-refractivity contribution in [2.45, 2.75) is 45.1 Å². The van der Waals surface area contributed by atoms with Crippen molar-refractivity contribution >= 4 is 17.5 Å². The lowest BCUT2D eigenvalue weighted by Gasteiger charge is -2.37. The first-order valence-electron chi connectivity index (χ1n) is 13.6. The minimum atomic E-state index is -0.0355. The van der Waals surface area contributed by atoms with E-state index in [9.17, 15) is 9.59 Å². The minimum absolute atomic E-state index is 0.0355. The minimum Gasteiger partial charge on any atom is -0.492 e. The van der Waals surface area contributed by atoms with Crippen LogP contribution in [0.3, 0.4) is 0 Å². The summed E-state index contributed by atoms with van der Waals surface area (Å²) >= 11 is 0. The molecule has 1 N–H and O–H groups in total. The zero-order valence-electron chi connectivity index (χ0n) is 22.5. The summed E-state index contributed by atoms with van der Waals surface area (Å²) in [5.41, 5.74) is 8.72. The number of amides is 2. The second kappa shape index (κ2) is 9.59. The van der Waals surface area contributed by atoms with Crippen molar-refractivity contribution < 1.29 is 14.3 Å². The van der Waals surface area contributed by atoms with Crippen LogP contribution in [0.15, 0.2) is 54.6 Å². The molecule has 196 valence electrons. The Balaban J connectivity index is 1.22. The summed E-state index contributed by atoms with van der Waals surface area (Å²) in [6.45, 7) is 7.73. The maximum atomic E-state index is 13.7. The van der Waals surface area contributed by atoms with E-state index in [1.54, 1.807) is 0 Å². The van der Waals surface area contributed by atoms with Gasteiger partial charge in [0.25, 0.3) is 5.91 Å². The van der Waals surface area contributed by atoms with E-state index in [2.05, 4.69) is 48.5 Å². The number of nitrogens with one attached hydrogen (secondary N) is 1. The topological polar surface area (TPSA) is 61.9 Å². The fourth-order valence-corrected chi connectivity index (χ4v) is 6.25. The van der Waals surface area contributed by atoms with Crippen LogP contribution < -0.4 is 15.0 Å². The first kappa shape index (κ1) is 24.7. The summed E-state index contributed by atoms with van der Waals surface area (Å²) in [6.07, 6.45) is 3.05. The van der Waals surface area contributed by atoms with Crippen LogP contribution in [-0.2, 0) is 23.2 Å². The third-order valence-electron chi connectivity index (χ3n) is 8.62. The van der Waals surface area contributed by atoms with Crippen molar-refractivity contribution in [2.24, 2.45) is 0 Å². The van der Waals surface area contributed by atoms with Gasteiger partial charge in [-0.05, 0) is 98.4 Å². The lowest BCUT2D eigenvalue weighted by atomic mass is 9.74. The average Bonchev–Trinajstić information content (AvgIpc) is 3.49. The average molecular weight is 510 g/mol. The summed E-state index contributed by atoms with van der Waals surface area (Å²) in [5.74, 6) is 1.03. The van der Waals surface area contributed by atoms with E-state index in [1.165, 1.54) is 18.1 Å². The molecule has 1 saturated heterocycles. The molecule has 6 heteroatoms. The first-order chi connectivity index (χ1) is 18.3. The third kappa shape index (κ3) is 4.37. The van der Waals surface area contributed by atoms with Crippen LogP contribution in [0.1, 0.15) is 52.4 Å². The number of fused-ring (bicyclic) bond motifs is 3. The number of hydrogen-bond donors (Lipinski definition) is 1. The van der Waals surface area contributed by atoms with E-state index >= 15 is 0 Å². The van der Waals surface area contributed by atoms with Crippen molar-refractivity contribution in [3.63, 3.8) is 0 Å². The van der Waals surface area contributed by atoms with Crippen molar-refractivity contribution in [2.75, 3.05) is 38.2 Å². The maximum Gasteiger partial charge on any atom is 0.258 e. The molecule has 0 saturated carbocycles. The van der Waals surface area contributed by atoms with Gasteiger partial charge >= 0.3 is 0 Å². The van der Waals surface area contributed by atoms with Gasteiger partial charge in [0.1, 0.15) is 5.75 Å². The Hall–Kier alpha value is -3.64. The summed E-state index contributed by atoms with van der Waals surface area (Å²) in [4.78, 5) is 29.2. The zero-order chi connectivity index (χ0) is 26.4. The number of anilines is 1. The fraction of sp³-hybridized carbons (Fsp3) is 0.375. The highest BCUT2D eigenvalue weighted by Crippen LogP contribution is 2.49. The summed E-state index contributed by atoms with van der Waals surface area (Å²) < 4.78 is 6.19. The van der Waals surface area contributed by atoms with Crippen LogP contribution in [-0.4, -0.2) is 50.0 Å². The zero-order valence-corrected chi connectivity index (χ0v) is 22.5. The van der Waals surface area contributed by atoms with Crippen LogP contribution >= 0.6 is 0 Å². The van der Waals surface area contributed by atoms with Crippen LogP contribution in [0.5, 0.6) is 5.75 Å². The van der Waals surface area contributed by atoms with Gasteiger partial charge in [-0.15, -0.1) is 0 Å². The molecule has 6 nitrogen and oxygen atoms in total. The normalized spacial score (nSPS) is 17.7. The van der Waals surface area contributed by atoms with E-state index in [1.807, 2.05) is 35.2 Å². The predicted octanol–water partition coefficient (Wildman–Crippen LogP) is 4.86. The lowest BCUT2D eigenvalue weighted by Crippen LogP contribution is -2.42. The number of carbonyl (C=O) groups is 2. The van der Waals surface area contributed by atoms with Crippen molar-refractivity contribution in [1.82, 2.24) is 10.2 Å². The van der Waals surface area contributed by atoms with E-state index in [0.29, 0.717) is 18.7 Å². The molecule has 1 spiro atoms. The van der Waals surface area contributed by atoms with Gasteiger partial charge in [-0.3, -0.25) is 9.59 Å². The summed E-state index contributed by atoms with van der Waals surface area (Å²) in [6, 6.07) is 18.6. The Morgan fingerprint density at radius 3 is 2.47 bits per heavy atom. The maximum absolute atomic E-state index is 13.7. The Labute approximate surface area is 224 Å². The highest BCUT2D eigenvalue weighted by molar-refractivity contribution is 6.07. The molecule has 2 amide bonds. The van der Waals surface area contributed by atoms with E-state index < -0.39 is 0 Å². The van der Waals surface area contributed by atoms with Gasteiger partial charge in [0.15, 0.2) is 0 Å². The molecule has 6 rings (SSSR count). The number of ether oxygens (including phenoxy) is 1. The first-order valence-corrected chi connectivity index (χ1v) is 13.6. The molecular formula is C32H35N3O3. The highest BCUT2D eigenvalue weighted by Gasteiger charge is 2.44. The molecular weight excluding hydrogens is 474 g/mol. The highest BCUT2D eigenvalue weighted by atomic mass is 16.5. The molecule has 3 aliphatic heterocycles. The van der Waals surface area contributed by atoms with Gasteiger partial charge in [0.2, 0.25) is 5.91 Å². The van der Waals surface area contributed by atoms with Crippen LogP contribution in [0.4, 0.5) is 5.69 Å². The van der Waals surface area contributed by atoms with E-state index in [4.69, 9.17) is 4.74 Å². The van der Waals surface area contributed by atoms with Crippen molar-refractivity contribution in [3.05, 3.63) is 82.4 Å². The number of nitrogens with zero attached hydrogens (tertiary/aromatic N) is 2. The Kier molecular flexibility index (Phi) is 6.23. The molecule has 0 aromatic heterocycles. The summed E-state index contributed by atoms with van der Waals surface area (Å²) in [5, 5.41) is 2.84. The van der Waals surface area contributed by atoms with Gasteiger partial charge in [0, 0.05) is 42.2 Å². The van der Waals surface area contributed by atoms with Crippen molar-refractivity contribution in [1.29, 1.82) is 0 Å². The Bertz CT molecular complexity index is 1400. The second-order valence-corrected chi connectivity index (χ2v) is 11.2. The van der Waals surface area contributed by atoms with Gasteiger partial charge in [-0.1, -0.05) is 30.3 Å². The molecule has 0 aliphatic carbocycles. The van der Waals surface area contributed by atoms with E-state index in [-0.39, 0.29) is 17.2 Å². The largest absolute Gasteiger partial charge is 0.492 e. The third-order valence-corrected chi connectivity index (χ3v) is 8.62. The molecule has 0 bridgehead atoms.